The van der Waals surface area contributed by atoms with Crippen molar-refractivity contribution in [3.05, 3.63) is 54.6 Å². The van der Waals surface area contributed by atoms with Crippen LogP contribution in [0.5, 0.6) is 0 Å². The Morgan fingerprint density at radius 3 is 2.52 bits per heavy atom. The number of hydrogen-bond acceptors (Lipinski definition) is 6. The molecule has 0 radical (unpaired) electrons. The Balaban J connectivity index is 1.78. The molecule has 1 aliphatic heterocycles. The minimum atomic E-state index is -3.50. The highest BCUT2D eigenvalue weighted by Crippen LogP contribution is 2.30. The van der Waals surface area contributed by atoms with E-state index in [-0.39, 0.29) is 4.90 Å². The molecule has 29 heavy (non-hydrogen) atoms. The second-order valence-corrected chi connectivity index (χ2v) is 9.49. The summed E-state index contributed by atoms with van der Waals surface area (Å²) in [6, 6.07) is 16.7. The number of ether oxygens (including phenoxy) is 1. The Bertz CT molecular complexity index is 1080. The van der Waals surface area contributed by atoms with Gasteiger partial charge < -0.3 is 4.74 Å². The van der Waals surface area contributed by atoms with E-state index in [4.69, 9.17) is 4.74 Å². The average molecular weight is 431 g/mol. The highest BCUT2D eigenvalue weighted by molar-refractivity contribution is 7.99. The van der Waals surface area contributed by atoms with E-state index in [1.165, 1.54) is 11.8 Å². The third-order valence-corrected chi connectivity index (χ3v) is 7.52. The van der Waals surface area contributed by atoms with Gasteiger partial charge >= 0.3 is 0 Å². The molecule has 4 rings (SSSR count). The van der Waals surface area contributed by atoms with E-state index in [1.807, 2.05) is 41.0 Å². The van der Waals surface area contributed by atoms with Crippen LogP contribution in [-0.4, -0.2) is 53.6 Å². The summed E-state index contributed by atoms with van der Waals surface area (Å²) in [5, 5.41) is 9.36. The van der Waals surface area contributed by atoms with Gasteiger partial charge in [-0.2, -0.15) is 4.31 Å². The molecule has 0 N–H and O–H groups in total. The van der Waals surface area contributed by atoms with Crippen molar-refractivity contribution in [3.63, 3.8) is 0 Å². The van der Waals surface area contributed by atoms with Crippen molar-refractivity contribution in [3.8, 4) is 17.1 Å². The van der Waals surface area contributed by atoms with Crippen LogP contribution in [0.4, 0.5) is 0 Å². The summed E-state index contributed by atoms with van der Waals surface area (Å²) in [7, 11) is -1.87. The van der Waals surface area contributed by atoms with Gasteiger partial charge in [-0.1, -0.05) is 42.1 Å². The summed E-state index contributed by atoms with van der Waals surface area (Å²) >= 11 is 1.43. The molecule has 9 heteroatoms. The van der Waals surface area contributed by atoms with Crippen molar-refractivity contribution in [1.82, 2.24) is 19.1 Å². The third-order valence-electron chi connectivity index (χ3n) is 4.75. The Labute approximate surface area is 174 Å². The first-order chi connectivity index (χ1) is 14.1. The zero-order valence-electron chi connectivity index (χ0n) is 16.1. The summed E-state index contributed by atoms with van der Waals surface area (Å²) in [6.45, 7) is 1.15. The van der Waals surface area contributed by atoms with Gasteiger partial charge in [-0.05, 0) is 37.1 Å². The number of nitrogens with zero attached hydrogens (tertiary/aromatic N) is 4. The van der Waals surface area contributed by atoms with Gasteiger partial charge in [0.2, 0.25) is 10.0 Å². The minimum absolute atomic E-state index is 0.283. The van der Waals surface area contributed by atoms with Crippen LogP contribution in [0, 0.1) is 0 Å². The van der Waals surface area contributed by atoms with Crippen LogP contribution in [0.1, 0.15) is 12.8 Å². The van der Waals surface area contributed by atoms with E-state index in [1.54, 1.807) is 29.6 Å². The van der Waals surface area contributed by atoms with Crippen LogP contribution in [0.15, 0.2) is 64.6 Å². The highest BCUT2D eigenvalue weighted by atomic mass is 32.2. The summed E-state index contributed by atoms with van der Waals surface area (Å²) < 4.78 is 34.6. The van der Waals surface area contributed by atoms with Crippen LogP contribution >= 0.6 is 11.8 Å². The standard InChI is InChI=1S/C20H22N4O3S2/c1-27-15-28-20-22-21-19(24(20)17-9-3-2-4-10-17)16-8-7-11-18(14-16)29(25,26)23-12-5-6-13-23/h2-4,7-11,14H,5-6,12-13,15H2,1H3. The first-order valence-corrected chi connectivity index (χ1v) is 11.8. The highest BCUT2D eigenvalue weighted by Gasteiger charge is 2.28. The Morgan fingerprint density at radius 1 is 1.03 bits per heavy atom. The minimum Gasteiger partial charge on any atom is -0.374 e. The molecule has 0 atom stereocenters. The second kappa shape index (κ2) is 8.66. The Morgan fingerprint density at radius 2 is 1.79 bits per heavy atom. The van der Waals surface area contributed by atoms with Crippen molar-refractivity contribution in [2.24, 2.45) is 0 Å². The van der Waals surface area contributed by atoms with Gasteiger partial charge in [0.1, 0.15) is 0 Å². The number of thioether (sulfide) groups is 1. The van der Waals surface area contributed by atoms with Crippen molar-refractivity contribution in [2.45, 2.75) is 22.9 Å². The lowest BCUT2D eigenvalue weighted by atomic mass is 10.2. The second-order valence-electron chi connectivity index (χ2n) is 6.67. The van der Waals surface area contributed by atoms with Gasteiger partial charge in [-0.15, -0.1) is 10.2 Å². The summed E-state index contributed by atoms with van der Waals surface area (Å²) in [4.78, 5) is 0.283. The molecular weight excluding hydrogens is 408 g/mol. The Kier molecular flexibility index (Phi) is 6.00. The molecule has 2 heterocycles. The molecule has 152 valence electrons. The molecule has 2 aromatic carbocycles. The molecule has 3 aromatic rings. The first kappa shape index (κ1) is 20.1. The Hall–Kier alpha value is -2.20. The molecule has 0 saturated carbocycles. The summed E-state index contributed by atoms with van der Waals surface area (Å²) in [5.41, 5.74) is 1.60. The largest absolute Gasteiger partial charge is 0.374 e. The molecule has 0 unspecified atom stereocenters. The zero-order chi connectivity index (χ0) is 20.3. The number of methoxy groups -OCH3 is 1. The van der Waals surface area contributed by atoms with E-state index in [9.17, 15) is 8.42 Å². The van der Waals surface area contributed by atoms with Gasteiger partial charge in [0.25, 0.3) is 0 Å². The van der Waals surface area contributed by atoms with Gasteiger partial charge in [0.05, 0.1) is 10.8 Å². The predicted molar refractivity (Wildman–Crippen MR) is 113 cm³/mol. The van der Waals surface area contributed by atoms with Gasteiger partial charge in [0, 0.05) is 31.5 Å². The average Bonchev–Trinajstić information content (AvgIpc) is 3.43. The van der Waals surface area contributed by atoms with Crippen molar-refractivity contribution in [1.29, 1.82) is 0 Å². The predicted octanol–water partition coefficient (Wildman–Crippen LogP) is 3.41. The van der Waals surface area contributed by atoms with E-state index in [2.05, 4.69) is 10.2 Å². The fourth-order valence-electron chi connectivity index (χ4n) is 3.35. The summed E-state index contributed by atoms with van der Waals surface area (Å²) in [6.07, 6.45) is 1.81. The molecule has 1 aromatic heterocycles. The molecule has 0 spiro atoms. The number of hydrogen-bond donors (Lipinski definition) is 0. The molecular formula is C20H22N4O3S2. The SMILES string of the molecule is COCSc1nnc(-c2cccc(S(=O)(=O)N3CCCC3)c2)n1-c1ccccc1. The van der Waals surface area contributed by atoms with Crippen LogP contribution in [0.3, 0.4) is 0 Å². The molecule has 1 fully saturated rings. The third kappa shape index (κ3) is 4.09. The quantitative estimate of drug-likeness (QED) is 0.422. The van der Waals surface area contributed by atoms with Crippen LogP contribution in [-0.2, 0) is 14.8 Å². The lowest BCUT2D eigenvalue weighted by Gasteiger charge is -2.16. The van der Waals surface area contributed by atoms with Crippen LogP contribution in [0.25, 0.3) is 17.1 Å². The molecule has 0 bridgehead atoms. The molecule has 1 aliphatic rings. The zero-order valence-corrected chi connectivity index (χ0v) is 17.7. The van der Waals surface area contributed by atoms with E-state index >= 15 is 0 Å². The van der Waals surface area contributed by atoms with Gasteiger partial charge in [0.15, 0.2) is 11.0 Å². The first-order valence-electron chi connectivity index (χ1n) is 9.34. The fraction of sp³-hybridized carbons (Fsp3) is 0.300. The maximum absolute atomic E-state index is 13.0. The molecule has 1 saturated heterocycles. The number of benzene rings is 2. The van der Waals surface area contributed by atoms with Crippen LogP contribution in [0.2, 0.25) is 0 Å². The monoisotopic (exact) mass is 430 g/mol. The van der Waals surface area contributed by atoms with Crippen LogP contribution < -0.4 is 0 Å². The van der Waals surface area contributed by atoms with Crippen molar-refractivity contribution < 1.29 is 13.2 Å². The smallest absolute Gasteiger partial charge is 0.243 e. The number of aromatic nitrogens is 3. The van der Waals surface area contributed by atoms with Crippen molar-refractivity contribution >= 4 is 21.8 Å². The molecule has 0 amide bonds. The maximum Gasteiger partial charge on any atom is 0.243 e. The van der Waals surface area contributed by atoms with E-state index < -0.39 is 10.0 Å². The van der Waals surface area contributed by atoms with Gasteiger partial charge in [-0.3, -0.25) is 4.57 Å². The fourth-order valence-corrected chi connectivity index (χ4v) is 5.55. The van der Waals surface area contributed by atoms with Gasteiger partial charge in [-0.25, -0.2) is 8.42 Å². The lowest BCUT2D eigenvalue weighted by molar-refractivity contribution is 0.258. The van der Waals surface area contributed by atoms with Crippen molar-refractivity contribution in [2.75, 3.05) is 26.1 Å². The number of para-hydroxylation sites is 1. The number of rotatable bonds is 7. The van der Waals surface area contributed by atoms with E-state index in [0.29, 0.717) is 35.6 Å². The van der Waals surface area contributed by atoms with E-state index in [0.717, 1.165) is 18.5 Å². The summed E-state index contributed by atoms with van der Waals surface area (Å²) in [5.74, 6) is 1.03. The molecule has 0 aliphatic carbocycles. The topological polar surface area (TPSA) is 77.3 Å². The maximum atomic E-state index is 13.0. The molecule has 7 nitrogen and oxygen atoms in total. The normalized spacial score (nSPS) is 15.1. The lowest BCUT2D eigenvalue weighted by Crippen LogP contribution is -2.27. The number of sulfonamides is 1.